The molecule has 0 aromatic heterocycles. The first kappa shape index (κ1) is 58.8. The van der Waals surface area contributed by atoms with Crippen molar-refractivity contribution in [2.75, 3.05) is 19.8 Å². The lowest BCUT2D eigenvalue weighted by Gasteiger charge is -2.41. The predicted octanol–water partition coefficient (Wildman–Crippen LogP) is 10.4. The van der Waals surface area contributed by atoms with E-state index >= 15 is 0 Å². The van der Waals surface area contributed by atoms with Gasteiger partial charge in [0.15, 0.2) is 0 Å². The van der Waals surface area contributed by atoms with Gasteiger partial charge in [-0.25, -0.2) is 4.57 Å². The van der Waals surface area contributed by atoms with E-state index in [1.165, 1.54) is 44.9 Å². The number of phosphoric acid groups is 1. The van der Waals surface area contributed by atoms with Crippen molar-refractivity contribution in [2.24, 2.45) is 0 Å². The molecule has 1 fully saturated rings. The fourth-order valence-electron chi connectivity index (χ4n) is 6.96. The average Bonchev–Trinajstić information content (AvgIpc) is 3.27. The zero-order valence-electron chi connectivity index (χ0n) is 38.8. The van der Waals surface area contributed by atoms with Crippen molar-refractivity contribution >= 4 is 13.8 Å². The zero-order valence-corrected chi connectivity index (χ0v) is 39.7. The molecule has 0 saturated heterocycles. The van der Waals surface area contributed by atoms with Crippen LogP contribution in [0.25, 0.3) is 0 Å². The first-order valence-electron chi connectivity index (χ1n) is 24.3. The standard InChI is InChI=1S/C50H87O12P/c1-3-5-7-9-11-13-15-17-19-21-22-23-24-26-28-30-32-34-36-38-40-59-41-43(42-60-63(57,58)62-50-48(55)46(53)45(52)47(54)49(50)56)61-44(51)39-37-35-33-31-29-27-25-20-18-16-14-12-10-8-6-4-2/h5,7,11,13,17,19-20,22-23,25-26,28,43,45-50,52-56H,3-4,6,8-10,12,14-16,18,21,24,27,29-42H2,1-2H3,(H,57,58)/b7-5-,13-11-,19-17-,23-22-,25-20-,28-26-. The SMILES string of the molecule is CC/C=C\C/C=C\C/C=C\C/C=C\C/C=C\CCCCCCOCC(COP(=O)(O)OC1C(O)C(O)C(O)C(O)C1O)OC(=O)CCCCCCC/C=C\CCCCCCCCC. The number of aliphatic hydroxyl groups is 5. The third-order valence-electron chi connectivity index (χ3n) is 10.8. The molecule has 0 amide bonds. The monoisotopic (exact) mass is 911 g/mol. The summed E-state index contributed by atoms with van der Waals surface area (Å²) in [6, 6.07) is 0. The van der Waals surface area contributed by atoms with Gasteiger partial charge >= 0.3 is 13.8 Å². The molecule has 1 rings (SSSR count). The minimum absolute atomic E-state index is 0.101. The molecule has 63 heavy (non-hydrogen) atoms. The van der Waals surface area contributed by atoms with Crippen LogP contribution in [0.4, 0.5) is 0 Å². The van der Waals surface area contributed by atoms with E-state index in [0.717, 1.165) is 103 Å². The van der Waals surface area contributed by atoms with E-state index in [9.17, 15) is 39.8 Å². The molecule has 0 aromatic rings. The molecule has 0 aromatic carbocycles. The molecular weight excluding hydrogens is 824 g/mol. The highest BCUT2D eigenvalue weighted by atomic mass is 31.2. The molecule has 1 aliphatic rings. The molecule has 12 nitrogen and oxygen atoms in total. The summed E-state index contributed by atoms with van der Waals surface area (Å²) in [5.41, 5.74) is 0. The van der Waals surface area contributed by atoms with Crippen molar-refractivity contribution in [2.45, 2.75) is 217 Å². The number of unbranched alkanes of at least 4 members (excludes halogenated alkanes) is 16. The van der Waals surface area contributed by atoms with Crippen LogP contribution in [-0.4, -0.2) is 98.9 Å². The van der Waals surface area contributed by atoms with E-state index in [2.05, 4.69) is 86.8 Å². The topological polar surface area (TPSA) is 192 Å². The highest BCUT2D eigenvalue weighted by molar-refractivity contribution is 7.47. The molecule has 6 atom stereocenters. The van der Waals surface area contributed by atoms with Gasteiger partial charge in [-0.2, -0.15) is 0 Å². The van der Waals surface area contributed by atoms with E-state index in [0.29, 0.717) is 13.0 Å². The number of aliphatic hydroxyl groups excluding tert-OH is 5. The minimum Gasteiger partial charge on any atom is -0.457 e. The maximum Gasteiger partial charge on any atom is 0.472 e. The number of esters is 1. The van der Waals surface area contributed by atoms with Gasteiger partial charge in [0.05, 0.1) is 13.2 Å². The van der Waals surface area contributed by atoms with Crippen LogP contribution in [0.1, 0.15) is 174 Å². The zero-order chi connectivity index (χ0) is 46.2. The van der Waals surface area contributed by atoms with Crippen LogP contribution in [0.3, 0.4) is 0 Å². The molecule has 0 bridgehead atoms. The number of hydrogen-bond donors (Lipinski definition) is 6. The summed E-state index contributed by atoms with van der Waals surface area (Å²) < 4.78 is 34.2. The van der Waals surface area contributed by atoms with Gasteiger partial charge in [0.1, 0.15) is 42.7 Å². The molecular formula is C50H87O12P. The van der Waals surface area contributed by atoms with Crippen LogP contribution >= 0.6 is 7.82 Å². The Kier molecular flexibility index (Phi) is 37.4. The van der Waals surface area contributed by atoms with Gasteiger partial charge in [-0.15, -0.1) is 0 Å². The lowest BCUT2D eigenvalue weighted by Crippen LogP contribution is -2.64. The first-order valence-corrected chi connectivity index (χ1v) is 25.8. The summed E-state index contributed by atoms with van der Waals surface area (Å²) in [4.78, 5) is 23.2. The average molecular weight is 911 g/mol. The molecule has 1 saturated carbocycles. The molecule has 0 aliphatic heterocycles. The fourth-order valence-corrected chi connectivity index (χ4v) is 7.94. The van der Waals surface area contributed by atoms with Gasteiger partial charge in [-0.3, -0.25) is 13.8 Å². The summed E-state index contributed by atoms with van der Waals surface area (Å²) in [6.45, 7) is 4.07. The predicted molar refractivity (Wildman–Crippen MR) is 253 cm³/mol. The molecule has 6 N–H and O–H groups in total. The van der Waals surface area contributed by atoms with Crippen LogP contribution < -0.4 is 0 Å². The summed E-state index contributed by atoms with van der Waals surface area (Å²) >= 11 is 0. The van der Waals surface area contributed by atoms with Crippen molar-refractivity contribution in [1.29, 1.82) is 0 Å². The molecule has 0 spiro atoms. The number of allylic oxidation sites excluding steroid dienone is 12. The van der Waals surface area contributed by atoms with Crippen LogP contribution in [-0.2, 0) is 27.9 Å². The Morgan fingerprint density at radius 1 is 0.524 bits per heavy atom. The number of carbonyl (C=O) groups is 1. The maximum atomic E-state index is 12.8. The van der Waals surface area contributed by atoms with Crippen molar-refractivity contribution in [3.63, 3.8) is 0 Å². The second-order valence-corrected chi connectivity index (χ2v) is 18.0. The van der Waals surface area contributed by atoms with Crippen molar-refractivity contribution < 1.29 is 58.3 Å². The highest BCUT2D eigenvalue weighted by Crippen LogP contribution is 2.47. The molecule has 364 valence electrons. The van der Waals surface area contributed by atoms with Gasteiger partial charge < -0.3 is 39.9 Å². The van der Waals surface area contributed by atoms with Gasteiger partial charge in [0.25, 0.3) is 0 Å². The number of rotatable bonds is 40. The Hall–Kier alpha value is -2.22. The molecule has 13 heteroatoms. The van der Waals surface area contributed by atoms with Crippen molar-refractivity contribution in [1.82, 2.24) is 0 Å². The third kappa shape index (κ3) is 32.2. The number of phosphoric ester groups is 1. The van der Waals surface area contributed by atoms with Crippen LogP contribution in [0, 0.1) is 0 Å². The van der Waals surface area contributed by atoms with Gasteiger partial charge in [-0.05, 0) is 83.5 Å². The van der Waals surface area contributed by atoms with E-state index < -0.39 is 63.1 Å². The van der Waals surface area contributed by atoms with Gasteiger partial charge in [0.2, 0.25) is 0 Å². The Morgan fingerprint density at radius 2 is 0.937 bits per heavy atom. The third-order valence-corrected chi connectivity index (χ3v) is 11.8. The van der Waals surface area contributed by atoms with Crippen molar-refractivity contribution in [3.05, 3.63) is 72.9 Å². The molecule has 1 aliphatic carbocycles. The number of ether oxygens (including phenoxy) is 2. The highest BCUT2D eigenvalue weighted by Gasteiger charge is 2.51. The quantitative estimate of drug-likeness (QED) is 0.0148. The van der Waals surface area contributed by atoms with E-state index in [1.807, 2.05) is 0 Å². The molecule has 0 radical (unpaired) electrons. The van der Waals surface area contributed by atoms with Gasteiger partial charge in [0, 0.05) is 13.0 Å². The first-order chi connectivity index (χ1) is 30.5. The number of carbonyl (C=O) groups excluding carboxylic acids is 1. The van der Waals surface area contributed by atoms with Gasteiger partial charge in [-0.1, -0.05) is 157 Å². The van der Waals surface area contributed by atoms with E-state index in [-0.39, 0.29) is 13.0 Å². The summed E-state index contributed by atoms with van der Waals surface area (Å²) in [6.07, 6.45) is 39.6. The lowest BCUT2D eigenvalue weighted by molar-refractivity contribution is -0.220. The Morgan fingerprint density at radius 3 is 1.44 bits per heavy atom. The number of hydrogen-bond acceptors (Lipinski definition) is 11. The minimum atomic E-state index is -5.03. The van der Waals surface area contributed by atoms with Crippen molar-refractivity contribution in [3.8, 4) is 0 Å². The largest absolute Gasteiger partial charge is 0.472 e. The van der Waals surface area contributed by atoms with Crippen LogP contribution in [0.15, 0.2) is 72.9 Å². The Labute approximate surface area is 380 Å². The van der Waals surface area contributed by atoms with E-state index in [1.54, 1.807) is 0 Å². The molecule has 0 heterocycles. The normalized spacial score (nSPS) is 22.5. The van der Waals surface area contributed by atoms with Crippen LogP contribution in [0.5, 0.6) is 0 Å². The van der Waals surface area contributed by atoms with E-state index in [4.69, 9.17) is 18.5 Å². The Bertz CT molecular complexity index is 1310. The fraction of sp³-hybridized carbons (Fsp3) is 0.740. The van der Waals surface area contributed by atoms with Crippen LogP contribution in [0.2, 0.25) is 0 Å². The molecule has 6 unspecified atom stereocenters. The summed E-state index contributed by atoms with van der Waals surface area (Å²) in [5.74, 6) is -0.498. The lowest BCUT2D eigenvalue weighted by atomic mass is 9.85. The Balaban J connectivity index is 2.41. The second-order valence-electron chi connectivity index (χ2n) is 16.6. The summed E-state index contributed by atoms with van der Waals surface area (Å²) in [7, 11) is -5.03. The maximum absolute atomic E-state index is 12.8. The second kappa shape index (κ2) is 40.1. The summed E-state index contributed by atoms with van der Waals surface area (Å²) in [5, 5.41) is 50.2. The smallest absolute Gasteiger partial charge is 0.457 e.